The monoisotopic (exact) mass is 468 g/mol. The van der Waals surface area contributed by atoms with Gasteiger partial charge in [-0.05, 0) is 54.3 Å². The van der Waals surface area contributed by atoms with Gasteiger partial charge in [-0.15, -0.1) is 0 Å². The zero-order valence-corrected chi connectivity index (χ0v) is 19.3. The van der Waals surface area contributed by atoms with Crippen molar-refractivity contribution in [3.63, 3.8) is 0 Å². The van der Waals surface area contributed by atoms with Crippen LogP contribution in [0.5, 0.6) is 5.75 Å². The molecule has 0 saturated carbocycles. The van der Waals surface area contributed by atoms with Crippen molar-refractivity contribution in [3.8, 4) is 5.75 Å². The zero-order valence-electron chi connectivity index (χ0n) is 17.8. The summed E-state index contributed by atoms with van der Waals surface area (Å²) >= 11 is 12.1. The van der Waals surface area contributed by atoms with E-state index in [1.165, 1.54) is 29.2 Å². The van der Waals surface area contributed by atoms with Crippen molar-refractivity contribution < 1.29 is 18.7 Å². The number of halogens is 3. The molecule has 168 valence electrons. The molecular formula is C23H27Cl2FN2O3. The van der Waals surface area contributed by atoms with Crippen LogP contribution in [0.2, 0.25) is 10.0 Å². The summed E-state index contributed by atoms with van der Waals surface area (Å²) in [5.41, 5.74) is 0.736. The van der Waals surface area contributed by atoms with Gasteiger partial charge in [0.1, 0.15) is 17.6 Å². The van der Waals surface area contributed by atoms with Gasteiger partial charge in [0, 0.05) is 13.1 Å². The Kier molecular flexibility index (Phi) is 9.59. The maximum absolute atomic E-state index is 13.1. The van der Waals surface area contributed by atoms with Gasteiger partial charge in [-0.1, -0.05) is 50.0 Å². The van der Waals surface area contributed by atoms with Gasteiger partial charge in [-0.3, -0.25) is 9.59 Å². The first-order valence-electron chi connectivity index (χ1n) is 10.1. The van der Waals surface area contributed by atoms with E-state index < -0.39 is 11.9 Å². The second kappa shape index (κ2) is 11.9. The summed E-state index contributed by atoms with van der Waals surface area (Å²) in [6.07, 6.45) is 0.424. The van der Waals surface area contributed by atoms with Crippen molar-refractivity contribution in [1.29, 1.82) is 0 Å². The highest BCUT2D eigenvalue weighted by atomic mass is 35.5. The second-order valence-electron chi connectivity index (χ2n) is 7.58. The predicted molar refractivity (Wildman–Crippen MR) is 121 cm³/mol. The Balaban J connectivity index is 2.21. The molecule has 2 aromatic rings. The number of benzene rings is 2. The Morgan fingerprint density at radius 1 is 1.10 bits per heavy atom. The van der Waals surface area contributed by atoms with Crippen LogP contribution in [0.1, 0.15) is 32.8 Å². The third-order valence-electron chi connectivity index (χ3n) is 4.58. The van der Waals surface area contributed by atoms with Gasteiger partial charge >= 0.3 is 0 Å². The van der Waals surface area contributed by atoms with Crippen LogP contribution < -0.4 is 10.1 Å². The van der Waals surface area contributed by atoms with E-state index in [4.69, 9.17) is 27.9 Å². The lowest BCUT2D eigenvalue weighted by atomic mass is 10.1. The third kappa shape index (κ3) is 7.71. The number of amides is 2. The summed E-state index contributed by atoms with van der Waals surface area (Å²) in [5, 5.41) is 3.67. The van der Waals surface area contributed by atoms with Gasteiger partial charge in [0.2, 0.25) is 5.91 Å². The molecule has 0 aromatic heterocycles. The molecule has 31 heavy (non-hydrogen) atoms. The van der Waals surface area contributed by atoms with Gasteiger partial charge in [-0.25, -0.2) is 4.39 Å². The molecule has 0 heterocycles. The first kappa shape index (κ1) is 25.0. The molecule has 8 heteroatoms. The summed E-state index contributed by atoms with van der Waals surface area (Å²) in [7, 11) is 0. The lowest BCUT2D eigenvalue weighted by Gasteiger charge is -2.31. The maximum Gasteiger partial charge on any atom is 0.261 e. The van der Waals surface area contributed by atoms with Crippen LogP contribution in [0.25, 0.3) is 0 Å². The van der Waals surface area contributed by atoms with E-state index in [0.29, 0.717) is 28.8 Å². The molecule has 0 aliphatic heterocycles. The minimum absolute atomic E-state index is 0.163. The number of carbonyl (C=O) groups is 2. The molecule has 0 fully saturated rings. The topological polar surface area (TPSA) is 58.6 Å². The summed E-state index contributed by atoms with van der Waals surface area (Å²) in [6.45, 7) is 6.22. The highest BCUT2D eigenvalue weighted by Gasteiger charge is 2.29. The molecule has 0 saturated heterocycles. The van der Waals surface area contributed by atoms with Crippen molar-refractivity contribution in [3.05, 3.63) is 63.9 Å². The van der Waals surface area contributed by atoms with Crippen LogP contribution in [-0.4, -0.2) is 35.9 Å². The summed E-state index contributed by atoms with van der Waals surface area (Å²) in [6, 6.07) is 9.78. The van der Waals surface area contributed by atoms with Crippen LogP contribution in [-0.2, 0) is 16.1 Å². The second-order valence-corrected chi connectivity index (χ2v) is 8.39. The highest BCUT2D eigenvalue weighted by molar-refractivity contribution is 6.42. The Bertz CT molecular complexity index is 891. The van der Waals surface area contributed by atoms with Crippen molar-refractivity contribution in [1.82, 2.24) is 10.2 Å². The van der Waals surface area contributed by atoms with Crippen molar-refractivity contribution in [2.75, 3.05) is 13.2 Å². The third-order valence-corrected chi connectivity index (χ3v) is 5.32. The van der Waals surface area contributed by atoms with E-state index in [1.54, 1.807) is 18.2 Å². The van der Waals surface area contributed by atoms with Crippen LogP contribution >= 0.6 is 23.2 Å². The van der Waals surface area contributed by atoms with Crippen LogP contribution in [0.4, 0.5) is 4.39 Å². The molecule has 2 rings (SSSR count). The van der Waals surface area contributed by atoms with Gasteiger partial charge in [-0.2, -0.15) is 0 Å². The Morgan fingerprint density at radius 2 is 1.77 bits per heavy atom. The van der Waals surface area contributed by atoms with Crippen LogP contribution in [0.3, 0.4) is 0 Å². The van der Waals surface area contributed by atoms with Gasteiger partial charge in [0.15, 0.2) is 6.61 Å². The number of nitrogens with one attached hydrogen (secondary N) is 1. The normalized spacial score (nSPS) is 11.8. The smallest absolute Gasteiger partial charge is 0.261 e. The van der Waals surface area contributed by atoms with E-state index in [0.717, 1.165) is 5.56 Å². The number of ether oxygens (including phenoxy) is 1. The quantitative estimate of drug-likeness (QED) is 0.528. The molecule has 0 aliphatic carbocycles. The maximum atomic E-state index is 13.1. The van der Waals surface area contributed by atoms with E-state index in [9.17, 15) is 14.0 Å². The number of hydrogen-bond acceptors (Lipinski definition) is 3. The fourth-order valence-corrected chi connectivity index (χ4v) is 3.26. The van der Waals surface area contributed by atoms with E-state index in [1.807, 2.05) is 20.8 Å². The molecule has 1 atom stereocenters. The van der Waals surface area contributed by atoms with Crippen molar-refractivity contribution >= 4 is 35.0 Å². The molecule has 0 aliphatic rings. The molecule has 0 spiro atoms. The standard InChI is InChI=1S/C23H27Cl2FN2O3/c1-4-21(23(30)27-12-15(2)3)28(13-16-5-10-19(24)20(25)11-16)22(29)14-31-18-8-6-17(26)7-9-18/h5-11,15,21H,4,12-14H2,1-3H3,(H,27,30)/t21-/m0/s1. The average Bonchev–Trinajstić information content (AvgIpc) is 2.74. The lowest BCUT2D eigenvalue weighted by Crippen LogP contribution is -2.50. The molecule has 0 radical (unpaired) electrons. The Morgan fingerprint density at radius 3 is 2.35 bits per heavy atom. The minimum Gasteiger partial charge on any atom is -0.484 e. The largest absolute Gasteiger partial charge is 0.484 e. The summed E-state index contributed by atoms with van der Waals surface area (Å²) < 4.78 is 18.6. The van der Waals surface area contributed by atoms with Crippen molar-refractivity contribution in [2.45, 2.75) is 39.8 Å². The fourth-order valence-electron chi connectivity index (χ4n) is 2.94. The SMILES string of the molecule is CC[C@@H](C(=O)NCC(C)C)N(Cc1ccc(Cl)c(Cl)c1)C(=O)COc1ccc(F)cc1. The molecule has 5 nitrogen and oxygen atoms in total. The summed E-state index contributed by atoms with van der Waals surface area (Å²) in [5.74, 6) is -0.356. The molecule has 2 aromatic carbocycles. The number of rotatable bonds is 10. The lowest BCUT2D eigenvalue weighted by molar-refractivity contribution is -0.143. The number of nitrogens with zero attached hydrogens (tertiary/aromatic N) is 1. The first-order chi connectivity index (χ1) is 14.7. The zero-order chi connectivity index (χ0) is 23.0. The molecule has 1 N–H and O–H groups in total. The molecule has 0 unspecified atom stereocenters. The van der Waals surface area contributed by atoms with Crippen LogP contribution in [0, 0.1) is 11.7 Å². The average molecular weight is 469 g/mol. The van der Waals surface area contributed by atoms with E-state index in [-0.39, 0.29) is 30.9 Å². The van der Waals surface area contributed by atoms with E-state index >= 15 is 0 Å². The number of carbonyl (C=O) groups excluding carboxylic acids is 2. The van der Waals surface area contributed by atoms with Crippen molar-refractivity contribution in [2.24, 2.45) is 5.92 Å². The number of hydrogen-bond donors (Lipinski definition) is 1. The Labute approximate surface area is 192 Å². The first-order valence-corrected chi connectivity index (χ1v) is 10.9. The fraction of sp³-hybridized carbons (Fsp3) is 0.391. The van der Waals surface area contributed by atoms with Gasteiger partial charge < -0.3 is 15.0 Å². The highest BCUT2D eigenvalue weighted by Crippen LogP contribution is 2.24. The minimum atomic E-state index is -0.683. The van der Waals surface area contributed by atoms with Crippen LogP contribution in [0.15, 0.2) is 42.5 Å². The summed E-state index contributed by atoms with van der Waals surface area (Å²) in [4.78, 5) is 27.4. The van der Waals surface area contributed by atoms with E-state index in [2.05, 4.69) is 5.32 Å². The molecule has 0 bridgehead atoms. The van der Waals surface area contributed by atoms with Gasteiger partial charge in [0.05, 0.1) is 10.0 Å². The molecular weight excluding hydrogens is 442 g/mol. The Hall–Kier alpha value is -2.31. The van der Waals surface area contributed by atoms with Gasteiger partial charge in [0.25, 0.3) is 5.91 Å². The molecule has 2 amide bonds. The predicted octanol–water partition coefficient (Wildman–Crippen LogP) is 5.09.